The molecule has 1 aliphatic heterocycles. The first-order chi connectivity index (χ1) is 13.1. The van der Waals surface area contributed by atoms with Crippen molar-refractivity contribution >= 4 is 11.8 Å². The molecule has 0 spiro atoms. The van der Waals surface area contributed by atoms with Crippen LogP contribution in [0, 0.1) is 0 Å². The third-order valence-corrected chi connectivity index (χ3v) is 4.82. The number of benzene rings is 1. The first-order valence-electron chi connectivity index (χ1n) is 9.15. The summed E-state index contributed by atoms with van der Waals surface area (Å²) in [7, 11) is 4.90. The van der Waals surface area contributed by atoms with Crippen LogP contribution in [0.15, 0.2) is 36.4 Å². The van der Waals surface area contributed by atoms with Crippen molar-refractivity contribution in [3.63, 3.8) is 0 Å². The van der Waals surface area contributed by atoms with E-state index in [2.05, 4.69) is 5.32 Å². The van der Waals surface area contributed by atoms with Gasteiger partial charge in [-0.2, -0.15) is 13.2 Å². The van der Waals surface area contributed by atoms with Gasteiger partial charge in [0, 0.05) is 27.1 Å². The molecule has 2 rings (SSSR count). The number of nitrogens with one attached hydrogen (secondary N) is 1. The normalized spacial score (nSPS) is 20.3. The molecule has 0 saturated carbocycles. The monoisotopic (exact) mass is 397 g/mol. The molecule has 0 unspecified atom stereocenters. The SMILES string of the molecule is CN[C@H]1C/C=C\CCN([C@@H](Cc2ccc(C(F)(F)F)cc2)C(=O)N(C)C)C1=O. The molecule has 1 aromatic rings. The molecule has 0 bridgehead atoms. The van der Waals surface area contributed by atoms with Crippen molar-refractivity contribution in [2.45, 2.75) is 37.5 Å². The van der Waals surface area contributed by atoms with E-state index in [0.29, 0.717) is 24.9 Å². The zero-order chi connectivity index (χ0) is 20.9. The first-order valence-corrected chi connectivity index (χ1v) is 9.15. The molecule has 0 radical (unpaired) electrons. The summed E-state index contributed by atoms with van der Waals surface area (Å²) in [5, 5.41) is 2.97. The van der Waals surface area contributed by atoms with Gasteiger partial charge in [-0.1, -0.05) is 24.3 Å². The lowest BCUT2D eigenvalue weighted by atomic mass is 9.99. The van der Waals surface area contributed by atoms with Gasteiger partial charge in [-0.3, -0.25) is 9.59 Å². The minimum atomic E-state index is -4.41. The van der Waals surface area contributed by atoms with Crippen LogP contribution >= 0.6 is 0 Å². The Morgan fingerprint density at radius 1 is 1.25 bits per heavy atom. The maximum atomic E-state index is 13.0. The Labute approximate surface area is 163 Å². The Bertz CT molecular complexity index is 714. The number of amides is 2. The van der Waals surface area contributed by atoms with Gasteiger partial charge in [0.2, 0.25) is 11.8 Å². The minimum Gasteiger partial charge on any atom is -0.347 e. The number of halogens is 3. The summed E-state index contributed by atoms with van der Waals surface area (Å²) in [5.41, 5.74) is -0.172. The maximum Gasteiger partial charge on any atom is 0.416 e. The number of hydrogen-bond acceptors (Lipinski definition) is 3. The van der Waals surface area contributed by atoms with Gasteiger partial charge in [0.1, 0.15) is 6.04 Å². The lowest BCUT2D eigenvalue weighted by molar-refractivity contribution is -0.145. The smallest absolute Gasteiger partial charge is 0.347 e. The Balaban J connectivity index is 2.32. The molecule has 0 aromatic heterocycles. The van der Waals surface area contributed by atoms with Crippen molar-refractivity contribution in [3.05, 3.63) is 47.5 Å². The molecule has 154 valence electrons. The van der Waals surface area contributed by atoms with E-state index < -0.39 is 23.8 Å². The quantitative estimate of drug-likeness (QED) is 0.777. The maximum absolute atomic E-state index is 13.0. The van der Waals surface area contributed by atoms with E-state index in [9.17, 15) is 22.8 Å². The largest absolute Gasteiger partial charge is 0.416 e. The molecule has 5 nitrogen and oxygen atoms in total. The molecular weight excluding hydrogens is 371 g/mol. The zero-order valence-electron chi connectivity index (χ0n) is 16.3. The van der Waals surface area contributed by atoms with Gasteiger partial charge in [0.25, 0.3) is 0 Å². The molecule has 28 heavy (non-hydrogen) atoms. The van der Waals surface area contributed by atoms with Gasteiger partial charge in [0.05, 0.1) is 11.6 Å². The Morgan fingerprint density at radius 2 is 1.89 bits per heavy atom. The standard InChI is InChI=1S/C20H26F3N3O2/c1-24-16-7-5-4-6-12-26(18(16)27)17(19(28)25(2)3)13-14-8-10-15(11-9-14)20(21,22)23/h4-5,8-11,16-17,24H,6-7,12-13H2,1-3H3/b5-4-/t16-,17-/m0/s1. The van der Waals surface area contributed by atoms with Gasteiger partial charge < -0.3 is 15.1 Å². The number of nitrogens with zero attached hydrogens (tertiary/aromatic N) is 2. The second-order valence-electron chi connectivity index (χ2n) is 7.02. The second-order valence-corrected chi connectivity index (χ2v) is 7.02. The Kier molecular flexibility index (Phi) is 7.23. The molecule has 0 fully saturated rings. The van der Waals surface area contributed by atoms with E-state index in [-0.39, 0.29) is 18.2 Å². The number of carbonyl (C=O) groups excluding carboxylic acids is 2. The number of likely N-dealkylation sites (N-methyl/N-ethyl adjacent to an activating group) is 2. The van der Waals surface area contributed by atoms with Crippen LogP contribution < -0.4 is 5.32 Å². The van der Waals surface area contributed by atoms with Crippen LogP contribution in [0.5, 0.6) is 0 Å². The van der Waals surface area contributed by atoms with E-state index in [1.54, 1.807) is 26.0 Å². The van der Waals surface area contributed by atoms with Crippen LogP contribution in [-0.2, 0) is 22.2 Å². The highest BCUT2D eigenvalue weighted by atomic mass is 19.4. The van der Waals surface area contributed by atoms with Crippen LogP contribution in [-0.4, -0.2) is 61.4 Å². The van der Waals surface area contributed by atoms with Crippen LogP contribution in [0.3, 0.4) is 0 Å². The lowest BCUT2D eigenvalue weighted by Gasteiger charge is -2.35. The van der Waals surface area contributed by atoms with Crippen molar-refractivity contribution in [2.24, 2.45) is 0 Å². The highest BCUT2D eigenvalue weighted by molar-refractivity contribution is 5.90. The Morgan fingerprint density at radius 3 is 2.43 bits per heavy atom. The van der Waals surface area contributed by atoms with E-state index in [4.69, 9.17) is 0 Å². The average molecular weight is 397 g/mol. The highest BCUT2D eigenvalue weighted by Crippen LogP contribution is 2.29. The van der Waals surface area contributed by atoms with Crippen molar-refractivity contribution in [1.29, 1.82) is 0 Å². The second kappa shape index (κ2) is 9.23. The molecule has 8 heteroatoms. The fraction of sp³-hybridized carbons (Fsp3) is 0.500. The van der Waals surface area contributed by atoms with Gasteiger partial charge >= 0.3 is 6.18 Å². The number of carbonyl (C=O) groups is 2. The third-order valence-electron chi connectivity index (χ3n) is 4.82. The van der Waals surface area contributed by atoms with Crippen molar-refractivity contribution in [2.75, 3.05) is 27.7 Å². The molecule has 2 atom stereocenters. The van der Waals surface area contributed by atoms with Crippen LogP contribution in [0.2, 0.25) is 0 Å². The molecule has 1 heterocycles. The van der Waals surface area contributed by atoms with E-state index in [1.807, 2.05) is 12.2 Å². The zero-order valence-corrected chi connectivity index (χ0v) is 16.3. The predicted molar refractivity (Wildman–Crippen MR) is 101 cm³/mol. The van der Waals surface area contributed by atoms with Gasteiger partial charge in [0.15, 0.2) is 0 Å². The topological polar surface area (TPSA) is 52.7 Å². The predicted octanol–water partition coefficient (Wildman–Crippen LogP) is 2.47. The number of hydrogen-bond donors (Lipinski definition) is 1. The van der Waals surface area contributed by atoms with Crippen molar-refractivity contribution in [1.82, 2.24) is 15.1 Å². The summed E-state index contributed by atoms with van der Waals surface area (Å²) in [6.45, 7) is 0.373. The molecule has 2 amide bonds. The number of alkyl halides is 3. The fourth-order valence-electron chi connectivity index (χ4n) is 3.21. The summed E-state index contributed by atoms with van der Waals surface area (Å²) in [5.74, 6) is -0.438. The van der Waals surface area contributed by atoms with Crippen LogP contribution in [0.4, 0.5) is 13.2 Å². The summed E-state index contributed by atoms with van der Waals surface area (Å²) in [6.07, 6.45) is 0.791. The summed E-state index contributed by atoms with van der Waals surface area (Å²) < 4.78 is 38.4. The van der Waals surface area contributed by atoms with E-state index >= 15 is 0 Å². The fourth-order valence-corrected chi connectivity index (χ4v) is 3.21. The van der Waals surface area contributed by atoms with Gasteiger partial charge in [-0.25, -0.2) is 0 Å². The minimum absolute atomic E-state index is 0.154. The summed E-state index contributed by atoms with van der Waals surface area (Å²) in [6, 6.07) is 3.51. The highest BCUT2D eigenvalue weighted by Gasteiger charge is 2.35. The summed E-state index contributed by atoms with van der Waals surface area (Å²) >= 11 is 0. The van der Waals surface area contributed by atoms with E-state index in [1.165, 1.54) is 17.0 Å². The van der Waals surface area contributed by atoms with Crippen LogP contribution in [0.1, 0.15) is 24.0 Å². The lowest BCUT2D eigenvalue weighted by Crippen LogP contribution is -2.55. The molecule has 1 aromatic carbocycles. The molecule has 1 N–H and O–H groups in total. The molecule has 0 aliphatic carbocycles. The molecular formula is C20H26F3N3O2. The van der Waals surface area contributed by atoms with Crippen molar-refractivity contribution < 1.29 is 22.8 Å². The molecule has 1 aliphatic rings. The van der Waals surface area contributed by atoms with E-state index in [0.717, 1.165) is 12.1 Å². The average Bonchev–Trinajstić information content (AvgIpc) is 2.63. The Hall–Kier alpha value is -2.35. The van der Waals surface area contributed by atoms with Gasteiger partial charge in [-0.05, 0) is 37.6 Å². The number of rotatable bonds is 5. The van der Waals surface area contributed by atoms with Gasteiger partial charge in [-0.15, -0.1) is 0 Å². The molecule has 0 saturated heterocycles. The van der Waals surface area contributed by atoms with Crippen molar-refractivity contribution in [3.8, 4) is 0 Å². The van der Waals surface area contributed by atoms with Crippen LogP contribution in [0.25, 0.3) is 0 Å². The third kappa shape index (κ3) is 5.34. The summed E-state index contributed by atoms with van der Waals surface area (Å²) in [4.78, 5) is 28.8. The first kappa shape index (κ1) is 21.9.